The number of nitro benzene ring substituents is 1. The molecule has 3 rings (SSSR count). The summed E-state index contributed by atoms with van der Waals surface area (Å²) in [6.45, 7) is 5.55. The molecule has 8 nitrogen and oxygen atoms in total. The number of benzene rings is 2. The fourth-order valence-corrected chi connectivity index (χ4v) is 5.11. The van der Waals surface area contributed by atoms with E-state index in [-0.39, 0.29) is 16.8 Å². The molecule has 0 atom stereocenters. The van der Waals surface area contributed by atoms with Gasteiger partial charge in [0, 0.05) is 40.4 Å². The second kappa shape index (κ2) is 13.1. The molecule has 192 valence electrons. The summed E-state index contributed by atoms with van der Waals surface area (Å²) in [5.74, 6) is 0.614. The van der Waals surface area contributed by atoms with E-state index in [0.717, 1.165) is 43.4 Å². The zero-order valence-corrected chi connectivity index (χ0v) is 21.8. The number of fused-ring (bicyclic) bond motifs is 1. The van der Waals surface area contributed by atoms with Crippen LogP contribution in [0, 0.1) is 10.1 Å². The maximum atomic E-state index is 12.7. The molecule has 0 radical (unpaired) electrons. The van der Waals surface area contributed by atoms with Crippen molar-refractivity contribution < 1.29 is 18.9 Å². The van der Waals surface area contributed by atoms with E-state index in [1.54, 1.807) is 31.4 Å². The molecule has 0 saturated heterocycles. The van der Waals surface area contributed by atoms with Crippen molar-refractivity contribution in [2.45, 2.75) is 62.2 Å². The van der Waals surface area contributed by atoms with Gasteiger partial charge in [-0.05, 0) is 31.0 Å². The van der Waals surface area contributed by atoms with Crippen LogP contribution in [0.3, 0.4) is 0 Å². The summed E-state index contributed by atoms with van der Waals surface area (Å²) in [6.07, 6.45) is 6.44. The number of carbonyl (C=O) groups excluding carboxylic acids is 1. The van der Waals surface area contributed by atoms with Crippen LogP contribution in [-0.4, -0.2) is 31.4 Å². The van der Waals surface area contributed by atoms with Crippen molar-refractivity contribution in [1.82, 2.24) is 0 Å². The highest BCUT2D eigenvalue weighted by atomic mass is 32.2. The van der Waals surface area contributed by atoms with Crippen LogP contribution >= 0.6 is 11.8 Å². The third-order valence-electron chi connectivity index (χ3n) is 5.97. The van der Waals surface area contributed by atoms with Gasteiger partial charge in [-0.3, -0.25) is 14.9 Å². The monoisotopic (exact) mass is 512 g/mol. The number of anilines is 1. The van der Waals surface area contributed by atoms with Crippen LogP contribution in [-0.2, 0) is 0 Å². The lowest BCUT2D eigenvalue weighted by Gasteiger charge is -2.25. The number of ether oxygens (including phenoxy) is 1. The first-order valence-corrected chi connectivity index (χ1v) is 13.1. The molecule has 0 spiro atoms. The quantitative estimate of drug-likeness (QED) is 0.0758. The SMILES string of the molecule is CCCCCCN(CCCC)c1cc2oc(=O)c(C=O)c(Sc3cccc(OC)c3)c2cc1[N+](=O)[O-]. The molecule has 1 aromatic heterocycles. The summed E-state index contributed by atoms with van der Waals surface area (Å²) < 4.78 is 10.8. The number of unbranched alkanes of at least 4 members (excludes halogenated alkanes) is 4. The highest BCUT2D eigenvalue weighted by Crippen LogP contribution is 2.40. The lowest BCUT2D eigenvalue weighted by molar-refractivity contribution is -0.384. The van der Waals surface area contributed by atoms with Gasteiger partial charge in [0.1, 0.15) is 22.6 Å². The average molecular weight is 513 g/mol. The Morgan fingerprint density at radius 3 is 2.50 bits per heavy atom. The first-order chi connectivity index (χ1) is 17.4. The highest BCUT2D eigenvalue weighted by molar-refractivity contribution is 7.99. The second-order valence-electron chi connectivity index (χ2n) is 8.53. The molecule has 0 saturated carbocycles. The number of carbonyl (C=O) groups is 1. The van der Waals surface area contributed by atoms with Crippen LogP contribution in [0.1, 0.15) is 62.7 Å². The van der Waals surface area contributed by atoms with Crippen molar-refractivity contribution in [3.8, 4) is 5.75 Å². The predicted octanol–water partition coefficient (Wildman–Crippen LogP) is 6.86. The van der Waals surface area contributed by atoms with Crippen LogP contribution in [0.5, 0.6) is 5.75 Å². The maximum Gasteiger partial charge on any atom is 0.348 e. The van der Waals surface area contributed by atoms with Gasteiger partial charge in [-0.25, -0.2) is 4.79 Å². The number of rotatable bonds is 14. The van der Waals surface area contributed by atoms with E-state index in [1.165, 1.54) is 17.8 Å². The minimum absolute atomic E-state index is 0.0766. The first-order valence-electron chi connectivity index (χ1n) is 12.2. The van der Waals surface area contributed by atoms with Crippen molar-refractivity contribution in [3.05, 3.63) is 62.5 Å². The lowest BCUT2D eigenvalue weighted by Crippen LogP contribution is -2.26. The minimum Gasteiger partial charge on any atom is -0.497 e. The Kier molecular flexibility index (Phi) is 9.93. The fourth-order valence-electron chi connectivity index (χ4n) is 4.04. The molecular weight excluding hydrogens is 480 g/mol. The summed E-state index contributed by atoms with van der Waals surface area (Å²) >= 11 is 1.17. The van der Waals surface area contributed by atoms with E-state index in [4.69, 9.17) is 9.15 Å². The Bertz CT molecular complexity index is 1270. The molecule has 36 heavy (non-hydrogen) atoms. The molecule has 0 unspecified atom stereocenters. The first kappa shape index (κ1) is 27.3. The fraction of sp³-hybridized carbons (Fsp3) is 0.407. The largest absolute Gasteiger partial charge is 0.497 e. The van der Waals surface area contributed by atoms with Gasteiger partial charge >= 0.3 is 5.63 Å². The third kappa shape index (κ3) is 6.46. The van der Waals surface area contributed by atoms with E-state index >= 15 is 0 Å². The van der Waals surface area contributed by atoms with Crippen molar-refractivity contribution in [3.63, 3.8) is 0 Å². The molecule has 0 aliphatic rings. The van der Waals surface area contributed by atoms with Gasteiger partial charge in [-0.15, -0.1) is 0 Å². The van der Waals surface area contributed by atoms with Crippen LogP contribution in [0.4, 0.5) is 11.4 Å². The van der Waals surface area contributed by atoms with Crippen molar-refractivity contribution in [2.75, 3.05) is 25.1 Å². The van der Waals surface area contributed by atoms with E-state index in [2.05, 4.69) is 13.8 Å². The van der Waals surface area contributed by atoms with Gasteiger partial charge < -0.3 is 14.1 Å². The Labute approximate surface area is 214 Å². The van der Waals surface area contributed by atoms with Crippen molar-refractivity contribution >= 4 is 40.4 Å². The van der Waals surface area contributed by atoms with Crippen LogP contribution in [0.15, 0.2) is 55.4 Å². The molecule has 0 aliphatic heterocycles. The molecule has 0 amide bonds. The average Bonchev–Trinajstić information content (AvgIpc) is 2.87. The number of aldehydes is 1. The smallest absolute Gasteiger partial charge is 0.348 e. The van der Waals surface area contributed by atoms with Crippen LogP contribution < -0.4 is 15.3 Å². The summed E-state index contributed by atoms with van der Waals surface area (Å²) in [4.78, 5) is 39.4. The topological polar surface area (TPSA) is 103 Å². The van der Waals surface area contributed by atoms with Crippen LogP contribution in [0.25, 0.3) is 11.0 Å². The summed E-state index contributed by atoms with van der Waals surface area (Å²) in [6, 6.07) is 10.2. The second-order valence-corrected chi connectivity index (χ2v) is 9.61. The summed E-state index contributed by atoms with van der Waals surface area (Å²) in [7, 11) is 1.55. The standard InChI is InChI=1S/C27H32N2O6S/c1-4-6-8-9-14-28(13-7-5-2)23-17-25-21(16-24(23)29(32)33)26(22(18-30)27(31)35-25)36-20-12-10-11-19(15-20)34-3/h10-12,15-18H,4-9,13-14H2,1-3H3. The van der Waals surface area contributed by atoms with Gasteiger partial charge in [0.15, 0.2) is 6.29 Å². The molecule has 0 aliphatic carbocycles. The minimum atomic E-state index is -0.772. The highest BCUT2D eigenvalue weighted by Gasteiger charge is 2.25. The molecule has 0 N–H and O–H groups in total. The normalized spacial score (nSPS) is 11.0. The van der Waals surface area contributed by atoms with Gasteiger partial charge in [0.2, 0.25) is 0 Å². The maximum absolute atomic E-state index is 12.7. The van der Waals surface area contributed by atoms with E-state index in [1.807, 2.05) is 11.0 Å². The molecule has 0 bridgehead atoms. The van der Waals surface area contributed by atoms with E-state index < -0.39 is 10.5 Å². The van der Waals surface area contributed by atoms with Crippen molar-refractivity contribution in [2.24, 2.45) is 0 Å². The molecule has 3 aromatic rings. The number of nitro groups is 1. The van der Waals surface area contributed by atoms with Gasteiger partial charge in [0.05, 0.1) is 12.0 Å². The Balaban J connectivity index is 2.17. The number of hydrogen-bond donors (Lipinski definition) is 0. The number of hydrogen-bond acceptors (Lipinski definition) is 8. The molecular formula is C27H32N2O6S. The van der Waals surface area contributed by atoms with Gasteiger partial charge in [-0.2, -0.15) is 0 Å². The Morgan fingerprint density at radius 1 is 1.08 bits per heavy atom. The molecule has 0 fully saturated rings. The molecule has 9 heteroatoms. The number of nitrogens with zero attached hydrogens (tertiary/aromatic N) is 2. The molecule has 2 aromatic carbocycles. The molecule has 1 heterocycles. The summed E-state index contributed by atoms with van der Waals surface area (Å²) in [5.41, 5.74) is -0.374. The summed E-state index contributed by atoms with van der Waals surface area (Å²) in [5, 5.41) is 12.5. The predicted molar refractivity (Wildman–Crippen MR) is 143 cm³/mol. The Morgan fingerprint density at radius 2 is 1.83 bits per heavy atom. The zero-order chi connectivity index (χ0) is 26.1. The van der Waals surface area contributed by atoms with Gasteiger partial charge in [0.25, 0.3) is 5.69 Å². The van der Waals surface area contributed by atoms with E-state index in [9.17, 15) is 19.7 Å². The lowest BCUT2D eigenvalue weighted by atomic mass is 10.1. The van der Waals surface area contributed by atoms with Gasteiger partial charge in [-0.1, -0.05) is 57.4 Å². The third-order valence-corrected chi connectivity index (χ3v) is 7.10. The van der Waals surface area contributed by atoms with Crippen molar-refractivity contribution in [1.29, 1.82) is 0 Å². The van der Waals surface area contributed by atoms with Crippen LogP contribution in [0.2, 0.25) is 0 Å². The van der Waals surface area contributed by atoms with E-state index in [0.29, 0.717) is 41.1 Å². The number of methoxy groups -OCH3 is 1. The zero-order valence-electron chi connectivity index (χ0n) is 21.0. The Hall–Kier alpha value is -3.33.